The fourth-order valence-corrected chi connectivity index (χ4v) is 2.20. The van der Waals surface area contributed by atoms with Gasteiger partial charge in [-0.1, -0.05) is 18.2 Å². The lowest BCUT2D eigenvalue weighted by Gasteiger charge is -2.08. The standard InChI is InChI=1S/C15H12BrN5O4/c1-2-25-15(24)12(20-17)13(22)19-10-8-18-21(14(23)11(10)16)9-6-4-3-5-7-9/h3-8H,2H2,1H3,(H,19,22). The molecule has 0 fully saturated rings. The molecule has 0 radical (unpaired) electrons. The minimum absolute atomic E-state index is 0.00348. The molecule has 0 aliphatic rings. The maximum Gasteiger partial charge on any atom is 0.463 e. The van der Waals surface area contributed by atoms with E-state index in [9.17, 15) is 14.4 Å². The van der Waals surface area contributed by atoms with Crippen molar-refractivity contribution in [3.8, 4) is 5.69 Å². The van der Waals surface area contributed by atoms with Crippen molar-refractivity contribution in [1.82, 2.24) is 9.78 Å². The van der Waals surface area contributed by atoms with E-state index in [-0.39, 0.29) is 16.8 Å². The first kappa shape index (κ1) is 18.2. The molecule has 128 valence electrons. The zero-order valence-corrected chi connectivity index (χ0v) is 14.6. The van der Waals surface area contributed by atoms with Gasteiger partial charge in [-0.25, -0.2) is 4.79 Å². The number of carbonyl (C=O) groups is 2. The molecule has 2 rings (SSSR count). The van der Waals surface area contributed by atoms with E-state index in [2.05, 4.69) is 35.9 Å². The lowest BCUT2D eigenvalue weighted by atomic mass is 10.3. The third-order valence-electron chi connectivity index (χ3n) is 2.95. The molecule has 0 atom stereocenters. The molecule has 1 N–H and O–H groups in total. The number of amides is 1. The molecule has 0 unspecified atom stereocenters. The summed E-state index contributed by atoms with van der Waals surface area (Å²) in [7, 11) is 0. The highest BCUT2D eigenvalue weighted by Crippen LogP contribution is 2.17. The largest absolute Gasteiger partial charge is 0.463 e. The smallest absolute Gasteiger partial charge is 0.457 e. The van der Waals surface area contributed by atoms with Crippen molar-refractivity contribution < 1.29 is 19.1 Å². The molecule has 0 spiro atoms. The number of rotatable bonds is 5. The summed E-state index contributed by atoms with van der Waals surface area (Å²) in [6.07, 6.45) is 1.22. The summed E-state index contributed by atoms with van der Waals surface area (Å²) in [6, 6.07) is 8.67. The van der Waals surface area contributed by atoms with E-state index >= 15 is 0 Å². The minimum Gasteiger partial charge on any atom is -0.457 e. The highest BCUT2D eigenvalue weighted by molar-refractivity contribution is 9.10. The van der Waals surface area contributed by atoms with Crippen molar-refractivity contribution in [2.45, 2.75) is 6.92 Å². The van der Waals surface area contributed by atoms with Crippen LogP contribution in [0.25, 0.3) is 11.2 Å². The molecule has 0 aliphatic carbocycles. The fraction of sp³-hybridized carbons (Fsp3) is 0.133. The molecule has 9 nitrogen and oxygen atoms in total. The Morgan fingerprint density at radius 3 is 2.64 bits per heavy atom. The number of nitrogens with one attached hydrogen (secondary N) is 1. The van der Waals surface area contributed by atoms with Crippen LogP contribution in [0.3, 0.4) is 0 Å². The summed E-state index contributed by atoms with van der Waals surface area (Å²) < 4.78 is 5.75. The molecule has 1 aromatic carbocycles. The molecule has 0 bridgehead atoms. The number of anilines is 1. The van der Waals surface area contributed by atoms with Crippen LogP contribution in [0.5, 0.6) is 0 Å². The van der Waals surface area contributed by atoms with Crippen LogP contribution in [0.1, 0.15) is 6.92 Å². The lowest BCUT2D eigenvalue weighted by molar-refractivity contribution is -0.141. The van der Waals surface area contributed by atoms with Crippen LogP contribution < -0.4 is 10.9 Å². The normalized spacial score (nSPS) is 9.84. The van der Waals surface area contributed by atoms with E-state index in [1.54, 1.807) is 30.3 Å². The number of nitrogens with zero attached hydrogens (tertiary/aromatic N) is 4. The van der Waals surface area contributed by atoms with E-state index in [1.165, 1.54) is 13.1 Å². The second-order valence-corrected chi connectivity index (χ2v) is 5.34. The summed E-state index contributed by atoms with van der Waals surface area (Å²) in [6.45, 7) is 1.54. The Morgan fingerprint density at radius 2 is 2.04 bits per heavy atom. The summed E-state index contributed by atoms with van der Waals surface area (Å²) in [5.41, 5.74) is 7.99. The highest BCUT2D eigenvalue weighted by Gasteiger charge is 2.32. The van der Waals surface area contributed by atoms with Gasteiger partial charge in [-0.3, -0.25) is 9.59 Å². The molecule has 1 amide bonds. The Balaban J connectivity index is 2.31. The molecule has 0 aliphatic heterocycles. The monoisotopic (exact) mass is 405 g/mol. The number of para-hydroxylation sites is 1. The van der Waals surface area contributed by atoms with E-state index in [0.717, 1.165) is 4.68 Å². The number of hydrogen-bond donors (Lipinski definition) is 1. The van der Waals surface area contributed by atoms with Crippen molar-refractivity contribution in [2.75, 3.05) is 11.9 Å². The van der Waals surface area contributed by atoms with E-state index in [0.29, 0.717) is 5.69 Å². The number of aromatic nitrogens is 2. The molecule has 0 saturated heterocycles. The first-order valence-electron chi connectivity index (χ1n) is 7.03. The Morgan fingerprint density at radius 1 is 1.36 bits per heavy atom. The van der Waals surface area contributed by atoms with Crippen LogP contribution in [0, 0.1) is 0 Å². The van der Waals surface area contributed by atoms with Gasteiger partial charge in [0.2, 0.25) is 0 Å². The highest BCUT2D eigenvalue weighted by atomic mass is 79.9. The number of halogens is 1. The fourth-order valence-electron chi connectivity index (χ4n) is 1.83. The molecule has 1 aromatic heterocycles. The zero-order chi connectivity index (χ0) is 18.4. The second kappa shape index (κ2) is 8.13. The lowest BCUT2D eigenvalue weighted by Crippen LogP contribution is -2.33. The van der Waals surface area contributed by atoms with Crippen molar-refractivity contribution >= 4 is 39.2 Å². The van der Waals surface area contributed by atoms with Crippen LogP contribution in [0.15, 0.2) is 45.8 Å². The van der Waals surface area contributed by atoms with Crippen molar-refractivity contribution in [1.29, 1.82) is 0 Å². The molecular formula is C15H12BrN5O4. The third kappa shape index (κ3) is 4.06. The molecule has 0 saturated carbocycles. The van der Waals surface area contributed by atoms with Gasteiger partial charge >= 0.3 is 17.6 Å². The van der Waals surface area contributed by atoms with Gasteiger partial charge in [-0.15, -0.1) is 0 Å². The van der Waals surface area contributed by atoms with Gasteiger partial charge in [0, 0.05) is 0 Å². The molecule has 1 heterocycles. The molecular weight excluding hydrogens is 394 g/mol. The van der Waals surface area contributed by atoms with E-state index in [1.807, 2.05) is 0 Å². The summed E-state index contributed by atoms with van der Waals surface area (Å²) in [4.78, 5) is 38.6. The predicted molar refractivity (Wildman–Crippen MR) is 91.4 cm³/mol. The van der Waals surface area contributed by atoms with Crippen LogP contribution in [-0.2, 0) is 14.3 Å². The quantitative estimate of drug-likeness (QED) is 0.262. The van der Waals surface area contributed by atoms with Crippen LogP contribution >= 0.6 is 15.9 Å². The number of esters is 1. The zero-order valence-electron chi connectivity index (χ0n) is 13.0. The van der Waals surface area contributed by atoms with E-state index in [4.69, 9.17) is 5.53 Å². The summed E-state index contributed by atoms with van der Waals surface area (Å²) in [5.74, 6) is -2.13. The van der Waals surface area contributed by atoms with Gasteiger partial charge in [0.25, 0.3) is 5.56 Å². The first-order valence-corrected chi connectivity index (χ1v) is 7.82. The SMILES string of the molecule is CCOC(=O)C(=[N+]=[N-])C(=O)Nc1cnn(-c2ccccc2)c(=O)c1Br. The maximum absolute atomic E-state index is 12.4. The summed E-state index contributed by atoms with van der Waals surface area (Å²) in [5, 5.41) is 6.24. The molecule has 25 heavy (non-hydrogen) atoms. The van der Waals surface area contributed by atoms with Gasteiger partial charge in [0.1, 0.15) is 4.47 Å². The molecule has 2 aromatic rings. The topological polar surface area (TPSA) is 127 Å². The number of hydrogen-bond acceptors (Lipinski definition) is 5. The van der Waals surface area contributed by atoms with Gasteiger partial charge in [-0.05, 0) is 35.0 Å². The number of carbonyl (C=O) groups excluding carboxylic acids is 2. The van der Waals surface area contributed by atoms with Crippen LogP contribution in [0.2, 0.25) is 0 Å². The van der Waals surface area contributed by atoms with Crippen molar-refractivity contribution in [3.63, 3.8) is 0 Å². The van der Waals surface area contributed by atoms with Crippen LogP contribution in [0.4, 0.5) is 5.69 Å². The van der Waals surface area contributed by atoms with Gasteiger partial charge in [-0.2, -0.15) is 14.6 Å². The average molecular weight is 406 g/mol. The van der Waals surface area contributed by atoms with Gasteiger partial charge in [0.15, 0.2) is 0 Å². The Bertz CT molecular complexity index is 919. The average Bonchev–Trinajstić information content (AvgIpc) is 2.61. The van der Waals surface area contributed by atoms with Crippen molar-refractivity contribution in [2.24, 2.45) is 0 Å². The molecule has 10 heteroatoms. The predicted octanol–water partition coefficient (Wildman–Crippen LogP) is 1.17. The maximum atomic E-state index is 12.4. The Hall–Kier alpha value is -3.10. The summed E-state index contributed by atoms with van der Waals surface area (Å²) >= 11 is 3.09. The Kier molecular flexibility index (Phi) is 5.93. The third-order valence-corrected chi connectivity index (χ3v) is 3.72. The number of benzene rings is 1. The number of ether oxygens (including phenoxy) is 1. The van der Waals surface area contributed by atoms with Gasteiger partial charge in [0.05, 0.1) is 24.2 Å². The van der Waals surface area contributed by atoms with Gasteiger partial charge < -0.3 is 15.6 Å². The van der Waals surface area contributed by atoms with Crippen LogP contribution in [-0.4, -0.2) is 38.8 Å². The van der Waals surface area contributed by atoms with E-state index < -0.39 is 23.1 Å². The second-order valence-electron chi connectivity index (χ2n) is 4.55. The van der Waals surface area contributed by atoms with Crippen molar-refractivity contribution in [3.05, 3.63) is 56.9 Å². The Labute approximate surface area is 150 Å². The first-order chi connectivity index (χ1) is 12.0. The minimum atomic E-state index is -1.09.